The van der Waals surface area contributed by atoms with Gasteiger partial charge in [-0.05, 0) is 12.1 Å². The van der Waals surface area contributed by atoms with Crippen LogP contribution in [0.5, 0.6) is 0 Å². The maximum atomic E-state index is 13.5. The molecule has 2 N–H and O–H groups in total. The lowest BCUT2D eigenvalue weighted by molar-refractivity contribution is 0.206. The first-order valence-electron chi connectivity index (χ1n) is 4.49. The third-order valence-electron chi connectivity index (χ3n) is 2.19. The van der Waals surface area contributed by atoms with E-state index in [1.807, 2.05) is 0 Å². The quantitative estimate of drug-likeness (QED) is 0.837. The molecule has 0 saturated heterocycles. The summed E-state index contributed by atoms with van der Waals surface area (Å²) in [5.74, 6) is -1.01. The Kier molecular flexibility index (Phi) is 2.77. The fourth-order valence-electron chi connectivity index (χ4n) is 1.42. The summed E-state index contributed by atoms with van der Waals surface area (Å²) in [5, 5.41) is 16.6. The van der Waals surface area contributed by atoms with Crippen molar-refractivity contribution in [1.82, 2.24) is 5.06 Å². The molecular formula is C9H8FN2O4S-. The number of hydroxylamine groups is 2. The van der Waals surface area contributed by atoms with Crippen LogP contribution in [0.25, 0.3) is 5.70 Å². The number of nitrogens with zero attached hydrogens (tertiary/aromatic N) is 1. The molecule has 8 heteroatoms. The molecule has 0 unspecified atom stereocenters. The lowest BCUT2D eigenvalue weighted by atomic mass is 10.1. The van der Waals surface area contributed by atoms with E-state index in [9.17, 15) is 18.0 Å². The van der Waals surface area contributed by atoms with Gasteiger partial charge in [0.2, 0.25) is 10.0 Å². The number of ether oxygens (including phenoxy) is 1. The molecule has 92 valence electrons. The monoisotopic (exact) mass is 259 g/mol. The summed E-state index contributed by atoms with van der Waals surface area (Å²) in [6.07, 6.45) is 1.18. The van der Waals surface area contributed by atoms with Gasteiger partial charge < -0.3 is 15.0 Å². The van der Waals surface area contributed by atoms with Crippen molar-refractivity contribution in [1.29, 1.82) is 0 Å². The number of halogens is 1. The maximum absolute atomic E-state index is 13.5. The number of primary sulfonamides is 1. The highest BCUT2D eigenvalue weighted by Crippen LogP contribution is 2.25. The van der Waals surface area contributed by atoms with Crippen LogP contribution >= 0.6 is 0 Å². The van der Waals surface area contributed by atoms with Crippen molar-refractivity contribution in [2.75, 3.05) is 6.73 Å². The molecule has 1 aliphatic heterocycles. The molecule has 1 heterocycles. The molecule has 0 aliphatic carbocycles. The molecule has 1 aromatic carbocycles. The summed E-state index contributed by atoms with van der Waals surface area (Å²) in [5.41, 5.74) is 0.354. The minimum atomic E-state index is -4.10. The van der Waals surface area contributed by atoms with Gasteiger partial charge in [-0.1, -0.05) is 6.07 Å². The summed E-state index contributed by atoms with van der Waals surface area (Å²) >= 11 is 0. The average molecular weight is 259 g/mol. The first kappa shape index (κ1) is 11.8. The number of rotatable bonds is 2. The molecule has 17 heavy (non-hydrogen) atoms. The third kappa shape index (κ3) is 2.23. The highest BCUT2D eigenvalue weighted by atomic mass is 32.2. The van der Waals surface area contributed by atoms with Gasteiger partial charge in [0.15, 0.2) is 6.73 Å². The van der Waals surface area contributed by atoms with Crippen LogP contribution in [0.3, 0.4) is 0 Å². The fraction of sp³-hybridized carbons (Fsp3) is 0.111. The second-order valence-electron chi connectivity index (χ2n) is 3.37. The zero-order valence-electron chi connectivity index (χ0n) is 8.46. The SMILES string of the molecule is NS(=O)(=O)c1ccc(C2=COCN2[O-])cc1F. The molecule has 2 rings (SSSR count). The average Bonchev–Trinajstić information content (AvgIpc) is 2.62. The minimum absolute atomic E-state index is 0.130. The van der Waals surface area contributed by atoms with Gasteiger partial charge in [-0.15, -0.1) is 0 Å². The molecule has 0 bridgehead atoms. The van der Waals surface area contributed by atoms with Gasteiger partial charge in [0.25, 0.3) is 0 Å². The Bertz CT molecular complexity index is 585. The molecule has 0 fully saturated rings. The lowest BCUT2D eigenvalue weighted by Gasteiger charge is -2.25. The Morgan fingerprint density at radius 1 is 1.47 bits per heavy atom. The summed E-state index contributed by atoms with van der Waals surface area (Å²) in [6.45, 7) is -0.173. The smallest absolute Gasteiger partial charge is 0.240 e. The van der Waals surface area contributed by atoms with Crippen molar-refractivity contribution in [3.63, 3.8) is 0 Å². The van der Waals surface area contributed by atoms with Crippen LogP contribution in [-0.2, 0) is 14.8 Å². The minimum Gasteiger partial charge on any atom is -0.756 e. The van der Waals surface area contributed by atoms with Gasteiger partial charge in [0.1, 0.15) is 17.0 Å². The van der Waals surface area contributed by atoms with Crippen LogP contribution in [0.2, 0.25) is 0 Å². The van der Waals surface area contributed by atoms with E-state index in [1.54, 1.807) is 0 Å². The first-order valence-corrected chi connectivity index (χ1v) is 6.03. The van der Waals surface area contributed by atoms with Gasteiger partial charge in [0.05, 0.1) is 5.70 Å². The van der Waals surface area contributed by atoms with Crippen molar-refractivity contribution in [3.8, 4) is 0 Å². The molecule has 6 nitrogen and oxygen atoms in total. The van der Waals surface area contributed by atoms with Gasteiger partial charge in [-0.25, -0.2) is 17.9 Å². The molecule has 0 saturated carbocycles. The zero-order valence-corrected chi connectivity index (χ0v) is 9.28. The van der Waals surface area contributed by atoms with Crippen LogP contribution < -0.4 is 5.14 Å². The van der Waals surface area contributed by atoms with Crippen molar-refractivity contribution >= 4 is 15.7 Å². The van der Waals surface area contributed by atoms with Gasteiger partial charge in [-0.3, -0.25) is 0 Å². The Balaban J connectivity index is 2.45. The highest BCUT2D eigenvalue weighted by Gasteiger charge is 2.17. The predicted molar refractivity (Wildman–Crippen MR) is 56.9 cm³/mol. The molecule has 0 radical (unpaired) electrons. The van der Waals surface area contributed by atoms with Gasteiger partial charge in [-0.2, -0.15) is 0 Å². The molecule has 1 aromatic rings. The lowest BCUT2D eigenvalue weighted by Crippen LogP contribution is -2.15. The van der Waals surface area contributed by atoms with Crippen molar-refractivity contribution in [2.45, 2.75) is 4.90 Å². The molecule has 0 aromatic heterocycles. The number of hydrogen-bond donors (Lipinski definition) is 1. The van der Waals surface area contributed by atoms with E-state index >= 15 is 0 Å². The molecule has 1 aliphatic rings. The summed E-state index contributed by atoms with van der Waals surface area (Å²) < 4.78 is 40.2. The Morgan fingerprint density at radius 2 is 2.18 bits per heavy atom. The van der Waals surface area contributed by atoms with Crippen LogP contribution in [0.4, 0.5) is 4.39 Å². The Morgan fingerprint density at radius 3 is 2.65 bits per heavy atom. The van der Waals surface area contributed by atoms with Crippen LogP contribution in [-0.4, -0.2) is 20.2 Å². The number of sulfonamides is 1. The van der Waals surface area contributed by atoms with E-state index < -0.39 is 20.7 Å². The summed E-state index contributed by atoms with van der Waals surface area (Å²) in [7, 11) is -4.10. The van der Waals surface area contributed by atoms with E-state index in [0.29, 0.717) is 5.06 Å². The maximum Gasteiger partial charge on any atom is 0.240 e. The summed E-state index contributed by atoms with van der Waals surface area (Å²) in [6, 6.07) is 3.21. The molecular weight excluding hydrogens is 251 g/mol. The van der Waals surface area contributed by atoms with Crippen LogP contribution in [0.15, 0.2) is 29.4 Å². The highest BCUT2D eigenvalue weighted by molar-refractivity contribution is 7.89. The second kappa shape index (κ2) is 3.99. The van der Waals surface area contributed by atoms with Crippen molar-refractivity contribution in [2.24, 2.45) is 5.14 Å². The van der Waals surface area contributed by atoms with E-state index in [1.165, 1.54) is 12.3 Å². The predicted octanol–water partition coefficient (Wildman–Crippen LogP) is 0.559. The number of hydrogen-bond acceptors (Lipinski definition) is 5. The van der Waals surface area contributed by atoms with E-state index in [2.05, 4.69) is 0 Å². The van der Waals surface area contributed by atoms with Crippen LogP contribution in [0, 0.1) is 11.0 Å². The molecule has 0 spiro atoms. The Hall–Kier alpha value is -1.64. The zero-order chi connectivity index (χ0) is 12.6. The molecule has 0 amide bonds. The second-order valence-corrected chi connectivity index (χ2v) is 4.90. The third-order valence-corrected chi connectivity index (χ3v) is 3.13. The van der Waals surface area contributed by atoms with Crippen molar-refractivity contribution < 1.29 is 17.5 Å². The van der Waals surface area contributed by atoms with E-state index in [-0.39, 0.29) is 18.0 Å². The Labute approximate surface area is 96.7 Å². The van der Waals surface area contributed by atoms with Gasteiger partial charge in [0, 0.05) is 5.56 Å². The van der Waals surface area contributed by atoms with Crippen LogP contribution in [0.1, 0.15) is 5.56 Å². The largest absolute Gasteiger partial charge is 0.756 e. The van der Waals surface area contributed by atoms with Gasteiger partial charge >= 0.3 is 0 Å². The first-order chi connectivity index (χ1) is 7.89. The topological polar surface area (TPSA) is 95.7 Å². The van der Waals surface area contributed by atoms with E-state index in [0.717, 1.165) is 12.1 Å². The molecule has 0 atom stereocenters. The standard InChI is InChI=1S/C9H8FN2O4S/c10-7-3-6(8-4-16-5-12(8)13)1-2-9(7)17(11,14)15/h1-4H,5H2,(H2,11,14,15)/q-1. The number of benzene rings is 1. The van der Waals surface area contributed by atoms with Crippen molar-refractivity contribution in [3.05, 3.63) is 41.0 Å². The summed E-state index contributed by atoms with van der Waals surface area (Å²) in [4.78, 5) is -0.613. The normalized spacial score (nSPS) is 15.7. The number of nitrogens with two attached hydrogens (primary N) is 1. The fourth-order valence-corrected chi connectivity index (χ4v) is 2.00. The van der Waals surface area contributed by atoms with E-state index in [4.69, 9.17) is 9.88 Å².